The lowest BCUT2D eigenvalue weighted by atomic mass is 10.1. The van der Waals surface area contributed by atoms with Crippen LogP contribution in [0.3, 0.4) is 0 Å². The van der Waals surface area contributed by atoms with E-state index >= 15 is 4.39 Å². The number of pyridine rings is 2. The van der Waals surface area contributed by atoms with E-state index in [2.05, 4.69) is 9.97 Å². The molecule has 0 N–H and O–H groups in total. The highest BCUT2D eigenvalue weighted by Gasteiger charge is 2.23. The summed E-state index contributed by atoms with van der Waals surface area (Å²) >= 11 is 12.7. The van der Waals surface area contributed by atoms with Gasteiger partial charge >= 0.3 is 0 Å². The van der Waals surface area contributed by atoms with Gasteiger partial charge in [0.15, 0.2) is 6.23 Å². The topological polar surface area (TPSA) is 80.5 Å². The molecular formula is C31H31Cl2FN4O4. The third kappa shape index (κ3) is 6.39. The smallest absolute Gasteiger partial charge is 0.213 e. The molecule has 6 rings (SSSR count). The van der Waals surface area contributed by atoms with Crippen molar-refractivity contribution in [1.29, 1.82) is 0 Å². The Kier molecular flexibility index (Phi) is 8.90. The van der Waals surface area contributed by atoms with Crippen LogP contribution in [0.1, 0.15) is 68.2 Å². The molecule has 1 aromatic carbocycles. The Bertz CT molecular complexity index is 1550. The maximum Gasteiger partial charge on any atom is 0.213 e. The van der Waals surface area contributed by atoms with Gasteiger partial charge in [0, 0.05) is 66.7 Å². The number of aromatic nitrogens is 4. The van der Waals surface area contributed by atoms with Crippen molar-refractivity contribution in [3.8, 4) is 11.6 Å². The molecule has 2 aliphatic rings. The average Bonchev–Trinajstić information content (AvgIpc) is 3.35. The van der Waals surface area contributed by atoms with Crippen molar-refractivity contribution < 1.29 is 23.3 Å². The van der Waals surface area contributed by atoms with E-state index in [4.69, 9.17) is 47.2 Å². The lowest BCUT2D eigenvalue weighted by Gasteiger charge is -2.23. The zero-order valence-electron chi connectivity index (χ0n) is 23.1. The molecule has 2 aliphatic heterocycles. The summed E-state index contributed by atoms with van der Waals surface area (Å²) in [7, 11) is 0. The van der Waals surface area contributed by atoms with Crippen molar-refractivity contribution in [3.63, 3.8) is 0 Å². The summed E-state index contributed by atoms with van der Waals surface area (Å²) in [5.74, 6) is 0.564. The average molecular weight is 614 g/mol. The van der Waals surface area contributed by atoms with Gasteiger partial charge in [-0.25, -0.2) is 14.1 Å². The molecule has 0 saturated carbocycles. The van der Waals surface area contributed by atoms with E-state index in [1.165, 1.54) is 24.7 Å². The number of nitrogens with zero attached hydrogens (tertiary/aromatic N) is 4. The Morgan fingerprint density at radius 3 is 2.57 bits per heavy atom. The first-order valence-corrected chi connectivity index (χ1v) is 14.9. The second-order valence-electron chi connectivity index (χ2n) is 10.4. The van der Waals surface area contributed by atoms with Crippen LogP contribution in [0.4, 0.5) is 4.39 Å². The Balaban J connectivity index is 1.30. The van der Waals surface area contributed by atoms with Crippen LogP contribution >= 0.6 is 23.2 Å². The molecule has 5 heterocycles. The number of hydrogen-bond donors (Lipinski definition) is 0. The summed E-state index contributed by atoms with van der Waals surface area (Å²) in [6, 6.07) is 8.97. The van der Waals surface area contributed by atoms with Gasteiger partial charge in [0.2, 0.25) is 5.88 Å². The molecule has 4 aromatic rings. The van der Waals surface area contributed by atoms with Gasteiger partial charge in [-0.3, -0.25) is 4.98 Å². The first-order valence-electron chi connectivity index (χ1n) is 14.1. The third-order valence-electron chi connectivity index (χ3n) is 7.48. The lowest BCUT2D eigenvalue weighted by molar-refractivity contribution is -0.0367. The second kappa shape index (κ2) is 13.0. The van der Waals surface area contributed by atoms with Gasteiger partial charge in [-0.05, 0) is 50.5 Å². The molecule has 0 bridgehead atoms. The number of fused-ring (bicyclic) bond motifs is 1. The van der Waals surface area contributed by atoms with Crippen LogP contribution in [0.25, 0.3) is 22.8 Å². The van der Waals surface area contributed by atoms with Crippen LogP contribution in [0.2, 0.25) is 10.0 Å². The molecule has 42 heavy (non-hydrogen) atoms. The molecule has 1 unspecified atom stereocenters. The van der Waals surface area contributed by atoms with Crippen molar-refractivity contribution in [3.05, 3.63) is 75.8 Å². The quantitative estimate of drug-likeness (QED) is 0.199. The molecule has 11 heteroatoms. The van der Waals surface area contributed by atoms with Crippen molar-refractivity contribution in [2.75, 3.05) is 19.8 Å². The number of halogens is 3. The van der Waals surface area contributed by atoms with Crippen molar-refractivity contribution in [1.82, 2.24) is 19.7 Å². The van der Waals surface area contributed by atoms with Crippen LogP contribution in [0, 0.1) is 0 Å². The van der Waals surface area contributed by atoms with Crippen molar-refractivity contribution in [2.24, 2.45) is 0 Å². The molecule has 0 spiro atoms. The predicted octanol–water partition coefficient (Wildman–Crippen LogP) is 8.00. The number of hydrogen-bond acceptors (Lipinski definition) is 7. The van der Waals surface area contributed by atoms with Crippen LogP contribution in [0.15, 0.2) is 48.9 Å². The van der Waals surface area contributed by atoms with E-state index in [1.807, 2.05) is 29.8 Å². The maximum atomic E-state index is 15.6. The number of ether oxygens (including phenoxy) is 4. The van der Waals surface area contributed by atoms with E-state index in [0.717, 1.165) is 43.0 Å². The highest BCUT2D eigenvalue weighted by atomic mass is 35.5. The van der Waals surface area contributed by atoms with Gasteiger partial charge in [0.05, 0.1) is 34.5 Å². The summed E-state index contributed by atoms with van der Waals surface area (Å²) in [4.78, 5) is 8.35. The molecule has 0 amide bonds. The van der Waals surface area contributed by atoms with E-state index in [0.29, 0.717) is 58.3 Å². The van der Waals surface area contributed by atoms with E-state index < -0.39 is 11.9 Å². The third-order valence-corrected chi connectivity index (χ3v) is 8.08. The minimum Gasteiger partial charge on any atom is -0.486 e. The van der Waals surface area contributed by atoms with E-state index in [-0.39, 0.29) is 12.3 Å². The van der Waals surface area contributed by atoms with Gasteiger partial charge in [0.1, 0.15) is 23.8 Å². The highest BCUT2D eigenvalue weighted by molar-refractivity contribution is 6.35. The second-order valence-corrected chi connectivity index (χ2v) is 11.2. The molecule has 220 valence electrons. The number of benzene rings is 1. The molecule has 8 nitrogen and oxygen atoms in total. The maximum absolute atomic E-state index is 15.6. The Morgan fingerprint density at radius 1 is 1.05 bits per heavy atom. The predicted molar refractivity (Wildman–Crippen MR) is 160 cm³/mol. The summed E-state index contributed by atoms with van der Waals surface area (Å²) < 4.78 is 41.0. The highest BCUT2D eigenvalue weighted by Crippen LogP contribution is 2.36. The zero-order chi connectivity index (χ0) is 29.1. The van der Waals surface area contributed by atoms with Gasteiger partial charge in [-0.1, -0.05) is 23.2 Å². The van der Waals surface area contributed by atoms with Gasteiger partial charge < -0.3 is 18.9 Å². The monoisotopic (exact) mass is 612 g/mol. The lowest BCUT2D eigenvalue weighted by Crippen LogP contribution is -2.26. The fraction of sp³-hybridized carbons (Fsp3) is 0.387. The van der Waals surface area contributed by atoms with Crippen LogP contribution < -0.4 is 9.47 Å². The molecule has 0 aliphatic carbocycles. The first-order chi connectivity index (χ1) is 20.5. The fourth-order valence-corrected chi connectivity index (χ4v) is 5.96. The minimum atomic E-state index is -0.466. The minimum absolute atomic E-state index is 0.0552. The number of rotatable bonds is 8. The van der Waals surface area contributed by atoms with Crippen LogP contribution in [-0.2, 0) is 9.47 Å². The van der Waals surface area contributed by atoms with Gasteiger partial charge in [-0.2, -0.15) is 5.10 Å². The SMILES string of the molecule is C[C@@H](Oc1ccc2c(c1)c(/C=C(\F)c1ccc(OC3CCOCC3)nc1)nn2C1CCCCO1)c1c(Cl)cncc1Cl. The fourth-order valence-electron chi connectivity index (χ4n) is 5.29. The molecule has 3 aromatic heterocycles. The largest absolute Gasteiger partial charge is 0.486 e. The molecule has 0 radical (unpaired) electrons. The standard InChI is InChI=1S/C31H31Cl2FN4O4/c1-19(31-24(32)17-35-18-25(31)33)41-22-6-7-28-23(14-22)27(37-38(28)30-4-2-3-11-40-30)15-26(34)20-5-8-29(36-16-20)42-21-9-12-39-13-10-21/h5-8,14-19,21,30H,2-4,9-13H2,1H3/b26-15-/t19-,30?/m1/s1. The normalized spacial score (nSPS) is 19.1. The van der Waals surface area contributed by atoms with Crippen molar-refractivity contribution in [2.45, 2.75) is 57.5 Å². The summed E-state index contributed by atoms with van der Waals surface area (Å²) in [6.07, 6.45) is 9.82. The molecular weight excluding hydrogens is 582 g/mol. The Labute approximate surface area is 253 Å². The van der Waals surface area contributed by atoms with Crippen LogP contribution in [-0.4, -0.2) is 45.7 Å². The zero-order valence-corrected chi connectivity index (χ0v) is 24.7. The molecule has 2 atom stereocenters. The Morgan fingerprint density at radius 2 is 1.86 bits per heavy atom. The first kappa shape index (κ1) is 28.9. The van der Waals surface area contributed by atoms with E-state index in [9.17, 15) is 0 Å². The van der Waals surface area contributed by atoms with Crippen LogP contribution in [0.5, 0.6) is 11.6 Å². The van der Waals surface area contributed by atoms with E-state index in [1.54, 1.807) is 12.1 Å². The van der Waals surface area contributed by atoms with Gasteiger partial charge in [-0.15, -0.1) is 0 Å². The Hall–Kier alpha value is -3.24. The molecule has 2 fully saturated rings. The molecule has 2 saturated heterocycles. The summed E-state index contributed by atoms with van der Waals surface area (Å²) in [6.45, 7) is 3.86. The van der Waals surface area contributed by atoms with Gasteiger partial charge in [0.25, 0.3) is 0 Å². The summed E-state index contributed by atoms with van der Waals surface area (Å²) in [5.41, 5.74) is 2.24. The summed E-state index contributed by atoms with van der Waals surface area (Å²) in [5, 5.41) is 6.35. The van der Waals surface area contributed by atoms with Crippen molar-refractivity contribution >= 4 is 46.0 Å².